The lowest BCUT2D eigenvalue weighted by molar-refractivity contribution is 0.0536. The zero-order valence-electron chi connectivity index (χ0n) is 11.9. The van der Waals surface area contributed by atoms with Gasteiger partial charge in [0.1, 0.15) is 0 Å². The van der Waals surface area contributed by atoms with Crippen molar-refractivity contribution in [2.24, 2.45) is 5.92 Å². The van der Waals surface area contributed by atoms with Crippen LogP contribution in [0, 0.1) is 12.8 Å². The number of halogens is 1. The quantitative estimate of drug-likeness (QED) is 0.877. The number of ether oxygens (including phenoxy) is 1. The number of aryl methyl sites for hydroxylation is 1. The van der Waals surface area contributed by atoms with Gasteiger partial charge in [-0.2, -0.15) is 0 Å². The summed E-state index contributed by atoms with van der Waals surface area (Å²) in [5, 5.41) is 4.56. The summed E-state index contributed by atoms with van der Waals surface area (Å²) in [6.07, 6.45) is 3.44. The molecule has 106 valence electrons. The molecule has 1 aromatic rings. The molecule has 1 aliphatic heterocycles. The van der Waals surface area contributed by atoms with E-state index in [0.717, 1.165) is 49.6 Å². The molecule has 0 aromatic heterocycles. The summed E-state index contributed by atoms with van der Waals surface area (Å²) < 4.78 is 5.48. The standard InChI is InChI=1S/C16H24ClNO/c1-3-8-18-16(13-6-9-19-10-7-13)14-4-5-15(17)12(2)11-14/h4-5,11,13,16,18H,3,6-10H2,1-2H3. The third-order valence-electron chi connectivity index (χ3n) is 3.89. The lowest BCUT2D eigenvalue weighted by atomic mass is 9.86. The maximum Gasteiger partial charge on any atom is 0.0469 e. The van der Waals surface area contributed by atoms with Crippen LogP contribution in [-0.4, -0.2) is 19.8 Å². The number of nitrogens with one attached hydrogen (secondary N) is 1. The highest BCUT2D eigenvalue weighted by Crippen LogP contribution is 2.31. The van der Waals surface area contributed by atoms with Gasteiger partial charge in [-0.1, -0.05) is 30.7 Å². The maximum absolute atomic E-state index is 6.14. The molecule has 0 amide bonds. The molecule has 1 atom stereocenters. The Morgan fingerprint density at radius 2 is 2.11 bits per heavy atom. The van der Waals surface area contributed by atoms with Gasteiger partial charge in [-0.25, -0.2) is 0 Å². The van der Waals surface area contributed by atoms with Crippen LogP contribution in [0.25, 0.3) is 0 Å². The predicted octanol–water partition coefficient (Wildman–Crippen LogP) is 4.12. The van der Waals surface area contributed by atoms with Crippen LogP contribution in [0.4, 0.5) is 0 Å². The van der Waals surface area contributed by atoms with Crippen LogP contribution < -0.4 is 5.32 Å². The summed E-state index contributed by atoms with van der Waals surface area (Å²) >= 11 is 6.14. The van der Waals surface area contributed by atoms with Gasteiger partial charge in [-0.05, 0) is 55.8 Å². The Morgan fingerprint density at radius 1 is 1.37 bits per heavy atom. The van der Waals surface area contributed by atoms with E-state index in [-0.39, 0.29) is 0 Å². The molecule has 0 aliphatic carbocycles. The van der Waals surface area contributed by atoms with E-state index in [2.05, 4.69) is 31.3 Å². The minimum Gasteiger partial charge on any atom is -0.381 e. The summed E-state index contributed by atoms with van der Waals surface area (Å²) in [6, 6.07) is 6.84. The average Bonchev–Trinajstić information content (AvgIpc) is 2.44. The molecular formula is C16H24ClNO. The Balaban J connectivity index is 2.17. The Hall–Kier alpha value is -0.570. The van der Waals surface area contributed by atoms with Crippen LogP contribution in [-0.2, 0) is 4.74 Å². The number of hydrogen-bond acceptors (Lipinski definition) is 2. The van der Waals surface area contributed by atoms with Gasteiger partial charge in [0.15, 0.2) is 0 Å². The van der Waals surface area contributed by atoms with Crippen LogP contribution in [0.3, 0.4) is 0 Å². The van der Waals surface area contributed by atoms with Crippen molar-refractivity contribution in [2.75, 3.05) is 19.8 Å². The van der Waals surface area contributed by atoms with Gasteiger partial charge in [0.05, 0.1) is 0 Å². The summed E-state index contributed by atoms with van der Waals surface area (Å²) in [7, 11) is 0. The first kappa shape index (κ1) is 14.8. The van der Waals surface area contributed by atoms with E-state index in [1.165, 1.54) is 5.56 Å². The second-order valence-electron chi connectivity index (χ2n) is 5.39. The van der Waals surface area contributed by atoms with E-state index in [9.17, 15) is 0 Å². The number of hydrogen-bond donors (Lipinski definition) is 1. The van der Waals surface area contributed by atoms with Crippen LogP contribution in [0.1, 0.15) is 43.4 Å². The Kier molecular flexibility index (Phi) is 5.68. The van der Waals surface area contributed by atoms with E-state index >= 15 is 0 Å². The summed E-state index contributed by atoms with van der Waals surface area (Å²) in [5.74, 6) is 0.667. The molecule has 0 radical (unpaired) electrons. The van der Waals surface area contributed by atoms with Gasteiger partial charge in [0, 0.05) is 24.3 Å². The van der Waals surface area contributed by atoms with Gasteiger partial charge in [0.2, 0.25) is 0 Å². The first-order chi connectivity index (χ1) is 9.22. The van der Waals surface area contributed by atoms with E-state index in [1.807, 2.05) is 6.07 Å². The molecular weight excluding hydrogens is 258 g/mol. The van der Waals surface area contributed by atoms with Crippen molar-refractivity contribution in [3.63, 3.8) is 0 Å². The topological polar surface area (TPSA) is 21.3 Å². The van der Waals surface area contributed by atoms with E-state index in [4.69, 9.17) is 16.3 Å². The van der Waals surface area contributed by atoms with Gasteiger partial charge < -0.3 is 10.1 Å². The van der Waals surface area contributed by atoms with Crippen molar-refractivity contribution in [1.82, 2.24) is 5.32 Å². The molecule has 2 rings (SSSR count). The Labute approximate surface area is 121 Å². The molecule has 0 spiro atoms. The molecule has 1 aliphatic rings. The second kappa shape index (κ2) is 7.28. The Bertz CT molecular complexity index is 402. The normalized spacial score (nSPS) is 18.5. The molecule has 0 bridgehead atoms. The third kappa shape index (κ3) is 3.95. The highest BCUT2D eigenvalue weighted by atomic mass is 35.5. The van der Waals surface area contributed by atoms with Crippen LogP contribution in [0.2, 0.25) is 5.02 Å². The van der Waals surface area contributed by atoms with Crippen LogP contribution >= 0.6 is 11.6 Å². The minimum atomic E-state index is 0.430. The first-order valence-corrected chi connectivity index (χ1v) is 7.67. The average molecular weight is 282 g/mol. The highest BCUT2D eigenvalue weighted by Gasteiger charge is 2.25. The second-order valence-corrected chi connectivity index (χ2v) is 5.80. The zero-order valence-corrected chi connectivity index (χ0v) is 12.7. The summed E-state index contributed by atoms with van der Waals surface area (Å²) in [5.41, 5.74) is 2.52. The smallest absolute Gasteiger partial charge is 0.0469 e. The molecule has 1 saturated heterocycles. The van der Waals surface area contributed by atoms with Crippen LogP contribution in [0.15, 0.2) is 18.2 Å². The van der Waals surface area contributed by atoms with Gasteiger partial charge >= 0.3 is 0 Å². The van der Waals surface area contributed by atoms with Crippen molar-refractivity contribution in [3.05, 3.63) is 34.3 Å². The fourth-order valence-corrected chi connectivity index (χ4v) is 2.88. The van der Waals surface area contributed by atoms with Crippen molar-refractivity contribution in [2.45, 2.75) is 39.2 Å². The van der Waals surface area contributed by atoms with Crippen LogP contribution in [0.5, 0.6) is 0 Å². The lowest BCUT2D eigenvalue weighted by Crippen LogP contribution is -2.32. The maximum atomic E-state index is 6.14. The molecule has 1 aromatic carbocycles. The van der Waals surface area contributed by atoms with Gasteiger partial charge in [0.25, 0.3) is 0 Å². The fraction of sp³-hybridized carbons (Fsp3) is 0.625. The molecule has 0 saturated carbocycles. The van der Waals surface area contributed by atoms with E-state index in [1.54, 1.807) is 0 Å². The molecule has 1 N–H and O–H groups in total. The van der Waals surface area contributed by atoms with Crippen molar-refractivity contribution >= 4 is 11.6 Å². The fourth-order valence-electron chi connectivity index (χ4n) is 2.77. The van der Waals surface area contributed by atoms with E-state index < -0.39 is 0 Å². The molecule has 1 heterocycles. The highest BCUT2D eigenvalue weighted by molar-refractivity contribution is 6.31. The number of benzene rings is 1. The summed E-state index contributed by atoms with van der Waals surface area (Å²) in [4.78, 5) is 0. The third-order valence-corrected chi connectivity index (χ3v) is 4.32. The predicted molar refractivity (Wildman–Crippen MR) is 80.8 cm³/mol. The molecule has 19 heavy (non-hydrogen) atoms. The lowest BCUT2D eigenvalue weighted by Gasteiger charge is -2.31. The van der Waals surface area contributed by atoms with Gasteiger partial charge in [-0.15, -0.1) is 0 Å². The van der Waals surface area contributed by atoms with Crippen molar-refractivity contribution in [3.8, 4) is 0 Å². The summed E-state index contributed by atoms with van der Waals surface area (Å²) in [6.45, 7) is 7.13. The zero-order chi connectivity index (χ0) is 13.7. The Morgan fingerprint density at radius 3 is 2.74 bits per heavy atom. The molecule has 1 unspecified atom stereocenters. The molecule has 1 fully saturated rings. The SMILES string of the molecule is CCCNC(c1ccc(Cl)c(C)c1)C1CCOCC1. The minimum absolute atomic E-state index is 0.430. The van der Waals surface area contributed by atoms with E-state index in [0.29, 0.717) is 12.0 Å². The largest absolute Gasteiger partial charge is 0.381 e. The molecule has 3 heteroatoms. The molecule has 2 nitrogen and oxygen atoms in total. The number of rotatable bonds is 5. The van der Waals surface area contributed by atoms with Crippen molar-refractivity contribution in [1.29, 1.82) is 0 Å². The monoisotopic (exact) mass is 281 g/mol. The van der Waals surface area contributed by atoms with Gasteiger partial charge in [-0.3, -0.25) is 0 Å². The first-order valence-electron chi connectivity index (χ1n) is 7.29. The van der Waals surface area contributed by atoms with Crippen molar-refractivity contribution < 1.29 is 4.74 Å².